The van der Waals surface area contributed by atoms with Crippen LogP contribution in [0.1, 0.15) is 16.1 Å². The number of anilines is 2. The van der Waals surface area contributed by atoms with E-state index in [1.807, 2.05) is 6.07 Å². The smallest absolute Gasteiger partial charge is 0.270 e. The van der Waals surface area contributed by atoms with Gasteiger partial charge in [-0.1, -0.05) is 6.07 Å². The maximum absolute atomic E-state index is 13.3. The van der Waals surface area contributed by atoms with Gasteiger partial charge in [0, 0.05) is 24.5 Å². The second-order valence-corrected chi connectivity index (χ2v) is 5.89. The molecule has 1 amide bonds. The van der Waals surface area contributed by atoms with Crippen LogP contribution in [-0.2, 0) is 6.54 Å². The first-order chi connectivity index (χ1) is 13.6. The third-order valence-corrected chi connectivity index (χ3v) is 3.95. The van der Waals surface area contributed by atoms with Crippen molar-refractivity contribution < 1.29 is 23.0 Å². The van der Waals surface area contributed by atoms with Gasteiger partial charge in [0.15, 0.2) is 23.1 Å². The van der Waals surface area contributed by atoms with E-state index in [9.17, 15) is 13.6 Å². The average molecular weight is 384 g/mol. The Bertz CT molecular complexity index is 1050. The monoisotopic (exact) mass is 384 g/mol. The predicted octanol–water partition coefficient (Wildman–Crippen LogP) is 3.16. The van der Waals surface area contributed by atoms with Gasteiger partial charge in [-0.15, -0.1) is 0 Å². The molecule has 0 spiro atoms. The summed E-state index contributed by atoms with van der Waals surface area (Å²) in [5, 5.41) is 5.48. The van der Waals surface area contributed by atoms with Crippen LogP contribution in [0.25, 0.3) is 0 Å². The first-order valence-corrected chi connectivity index (χ1v) is 8.30. The molecular formula is C19H14F2N4O3. The number of hydrogen-bond acceptors (Lipinski definition) is 6. The Morgan fingerprint density at radius 1 is 1.04 bits per heavy atom. The van der Waals surface area contributed by atoms with E-state index in [-0.39, 0.29) is 30.7 Å². The number of benzene rings is 2. The van der Waals surface area contributed by atoms with Crippen LogP contribution >= 0.6 is 0 Å². The minimum Gasteiger partial charge on any atom is -0.454 e. The molecule has 0 fully saturated rings. The molecule has 2 heterocycles. The molecule has 2 N–H and O–H groups in total. The van der Waals surface area contributed by atoms with E-state index in [1.165, 1.54) is 18.3 Å². The van der Waals surface area contributed by atoms with Crippen molar-refractivity contribution in [3.8, 4) is 11.5 Å². The predicted molar refractivity (Wildman–Crippen MR) is 95.4 cm³/mol. The number of aromatic nitrogens is 2. The van der Waals surface area contributed by atoms with E-state index in [1.54, 1.807) is 12.1 Å². The number of halogens is 2. The van der Waals surface area contributed by atoms with Gasteiger partial charge in [0.2, 0.25) is 12.7 Å². The molecule has 9 heteroatoms. The Morgan fingerprint density at radius 2 is 1.89 bits per heavy atom. The van der Waals surface area contributed by atoms with Gasteiger partial charge < -0.3 is 20.1 Å². The molecular weight excluding hydrogens is 370 g/mol. The molecule has 4 rings (SSSR count). The van der Waals surface area contributed by atoms with Crippen LogP contribution in [-0.4, -0.2) is 22.7 Å². The Kier molecular flexibility index (Phi) is 4.71. The number of ether oxygens (including phenoxy) is 2. The Labute approximate surface area is 158 Å². The summed E-state index contributed by atoms with van der Waals surface area (Å²) in [6.07, 6.45) is 1.39. The van der Waals surface area contributed by atoms with Crippen molar-refractivity contribution >= 4 is 17.5 Å². The van der Waals surface area contributed by atoms with Crippen LogP contribution < -0.4 is 20.1 Å². The van der Waals surface area contributed by atoms with Gasteiger partial charge in [0.05, 0.1) is 0 Å². The molecule has 1 aliphatic rings. The fourth-order valence-corrected chi connectivity index (χ4v) is 2.57. The molecule has 0 unspecified atom stereocenters. The molecule has 0 atom stereocenters. The van der Waals surface area contributed by atoms with Gasteiger partial charge in [-0.3, -0.25) is 4.79 Å². The topological polar surface area (TPSA) is 85.4 Å². The number of nitrogens with zero attached hydrogens (tertiary/aromatic N) is 2. The van der Waals surface area contributed by atoms with Crippen LogP contribution in [0.15, 0.2) is 48.7 Å². The highest BCUT2D eigenvalue weighted by Gasteiger charge is 2.14. The molecule has 2 aromatic carbocycles. The molecule has 0 saturated carbocycles. The van der Waals surface area contributed by atoms with E-state index in [4.69, 9.17) is 9.47 Å². The summed E-state index contributed by atoms with van der Waals surface area (Å²) in [6, 6.07) is 10.1. The molecule has 0 bridgehead atoms. The number of hydrogen-bond donors (Lipinski definition) is 2. The summed E-state index contributed by atoms with van der Waals surface area (Å²) in [4.78, 5) is 20.4. The first kappa shape index (κ1) is 17.7. The van der Waals surface area contributed by atoms with Crippen molar-refractivity contribution in [3.05, 3.63) is 71.6 Å². The van der Waals surface area contributed by atoms with Gasteiger partial charge in [0.1, 0.15) is 5.69 Å². The molecule has 7 nitrogen and oxygen atoms in total. The normalized spacial score (nSPS) is 11.9. The zero-order chi connectivity index (χ0) is 19.5. The zero-order valence-electron chi connectivity index (χ0n) is 14.4. The summed E-state index contributed by atoms with van der Waals surface area (Å²) in [5.41, 5.74) is 1.23. The number of nitrogens with one attached hydrogen (secondary N) is 2. The SMILES string of the molecule is O=C(NCc1ccc2c(c1)OCO2)c1ccnc(Nc2ccc(F)c(F)c2)n1. The second-order valence-electron chi connectivity index (χ2n) is 5.89. The van der Waals surface area contributed by atoms with E-state index in [0.29, 0.717) is 11.5 Å². The van der Waals surface area contributed by atoms with Crippen LogP contribution in [0.4, 0.5) is 20.4 Å². The summed E-state index contributed by atoms with van der Waals surface area (Å²) in [5.74, 6) is -0.980. The Balaban J connectivity index is 1.41. The van der Waals surface area contributed by atoms with Crippen LogP contribution in [0.3, 0.4) is 0 Å². The lowest BCUT2D eigenvalue weighted by molar-refractivity contribution is 0.0946. The minimum absolute atomic E-state index is 0.0849. The third-order valence-electron chi connectivity index (χ3n) is 3.95. The van der Waals surface area contributed by atoms with Gasteiger partial charge in [-0.25, -0.2) is 18.7 Å². The molecule has 3 aromatic rings. The van der Waals surface area contributed by atoms with Crippen LogP contribution in [0.2, 0.25) is 0 Å². The third kappa shape index (κ3) is 3.83. The zero-order valence-corrected chi connectivity index (χ0v) is 14.4. The van der Waals surface area contributed by atoms with Crippen molar-refractivity contribution in [2.75, 3.05) is 12.1 Å². The molecule has 1 aromatic heterocycles. The number of rotatable bonds is 5. The molecule has 1 aliphatic heterocycles. The highest BCUT2D eigenvalue weighted by molar-refractivity contribution is 5.92. The Hall–Kier alpha value is -3.75. The summed E-state index contributed by atoms with van der Waals surface area (Å²) >= 11 is 0. The van der Waals surface area contributed by atoms with Crippen molar-refractivity contribution in [3.63, 3.8) is 0 Å². The van der Waals surface area contributed by atoms with Crippen LogP contribution in [0.5, 0.6) is 11.5 Å². The van der Waals surface area contributed by atoms with E-state index in [2.05, 4.69) is 20.6 Å². The fourth-order valence-electron chi connectivity index (χ4n) is 2.57. The molecule has 142 valence electrons. The largest absolute Gasteiger partial charge is 0.454 e. The van der Waals surface area contributed by atoms with Crippen molar-refractivity contribution in [2.24, 2.45) is 0 Å². The van der Waals surface area contributed by atoms with E-state index >= 15 is 0 Å². The van der Waals surface area contributed by atoms with Crippen molar-refractivity contribution in [1.82, 2.24) is 15.3 Å². The van der Waals surface area contributed by atoms with E-state index < -0.39 is 17.5 Å². The summed E-state index contributed by atoms with van der Waals surface area (Å²) in [6.45, 7) is 0.450. The number of carbonyl (C=O) groups is 1. The number of carbonyl (C=O) groups excluding carboxylic acids is 1. The lowest BCUT2D eigenvalue weighted by Crippen LogP contribution is -2.24. The quantitative estimate of drug-likeness (QED) is 0.703. The van der Waals surface area contributed by atoms with Crippen molar-refractivity contribution in [2.45, 2.75) is 6.54 Å². The summed E-state index contributed by atoms with van der Waals surface area (Å²) < 4.78 is 36.9. The second kappa shape index (κ2) is 7.47. The molecule has 28 heavy (non-hydrogen) atoms. The maximum Gasteiger partial charge on any atom is 0.270 e. The number of amides is 1. The highest BCUT2D eigenvalue weighted by atomic mass is 19.2. The average Bonchev–Trinajstić information content (AvgIpc) is 3.17. The minimum atomic E-state index is -0.998. The molecule has 0 saturated heterocycles. The fraction of sp³-hybridized carbons (Fsp3) is 0.105. The first-order valence-electron chi connectivity index (χ1n) is 8.30. The molecule has 0 aliphatic carbocycles. The van der Waals surface area contributed by atoms with Crippen molar-refractivity contribution in [1.29, 1.82) is 0 Å². The van der Waals surface area contributed by atoms with E-state index in [0.717, 1.165) is 17.7 Å². The van der Waals surface area contributed by atoms with Gasteiger partial charge in [-0.05, 0) is 35.9 Å². The lowest BCUT2D eigenvalue weighted by Gasteiger charge is -2.08. The van der Waals surface area contributed by atoms with Crippen LogP contribution in [0, 0.1) is 11.6 Å². The molecule has 0 radical (unpaired) electrons. The highest BCUT2D eigenvalue weighted by Crippen LogP contribution is 2.32. The maximum atomic E-state index is 13.3. The number of fused-ring (bicyclic) bond motifs is 1. The Morgan fingerprint density at radius 3 is 2.75 bits per heavy atom. The lowest BCUT2D eigenvalue weighted by atomic mass is 10.2. The van der Waals surface area contributed by atoms with Gasteiger partial charge in [-0.2, -0.15) is 0 Å². The summed E-state index contributed by atoms with van der Waals surface area (Å²) in [7, 11) is 0. The standard InChI is InChI=1S/C19H14F2N4O3/c20-13-3-2-12(8-14(13)21)24-19-22-6-5-15(25-19)18(26)23-9-11-1-4-16-17(7-11)28-10-27-16/h1-8H,9-10H2,(H,23,26)(H,22,24,25). The van der Waals surface area contributed by atoms with Gasteiger partial charge in [0.25, 0.3) is 5.91 Å². The van der Waals surface area contributed by atoms with Gasteiger partial charge >= 0.3 is 0 Å².